The molecule has 0 fully saturated rings. The normalized spacial score (nSPS) is 10.0. The van der Waals surface area contributed by atoms with Crippen molar-refractivity contribution in [2.75, 3.05) is 17.7 Å². The molecule has 5 heteroatoms. The lowest BCUT2D eigenvalue weighted by atomic mass is 10.1. The molecule has 0 aliphatic heterocycles. The minimum atomic E-state index is -0.299. The average molecular weight is 311 g/mol. The van der Waals surface area contributed by atoms with E-state index in [1.165, 1.54) is 5.56 Å². The van der Waals surface area contributed by atoms with E-state index in [2.05, 4.69) is 16.0 Å². The van der Waals surface area contributed by atoms with E-state index in [1.54, 1.807) is 19.2 Å². The molecule has 23 heavy (non-hydrogen) atoms. The number of likely N-dealkylation sites (N-methyl/N-ethyl adjacent to an activating group) is 1. The molecule has 2 aromatic carbocycles. The molecule has 0 saturated carbocycles. The molecule has 0 spiro atoms. The molecule has 2 rings (SSSR count). The molecule has 0 aliphatic carbocycles. The summed E-state index contributed by atoms with van der Waals surface area (Å²) in [6, 6.07) is 12.7. The van der Waals surface area contributed by atoms with Crippen molar-refractivity contribution in [2.45, 2.75) is 20.3 Å². The summed E-state index contributed by atoms with van der Waals surface area (Å²) in [5.74, 6) is -0.0433. The van der Waals surface area contributed by atoms with E-state index in [0.717, 1.165) is 16.8 Å². The fourth-order valence-corrected chi connectivity index (χ4v) is 2.09. The molecule has 5 nitrogen and oxygen atoms in total. The zero-order chi connectivity index (χ0) is 16.8. The largest absolute Gasteiger partial charge is 0.359 e. The number of hydrogen-bond donors (Lipinski definition) is 3. The molecule has 3 N–H and O–H groups in total. The first kappa shape index (κ1) is 16.5. The van der Waals surface area contributed by atoms with Gasteiger partial charge in [-0.05, 0) is 54.8 Å². The third kappa shape index (κ3) is 4.85. The van der Waals surface area contributed by atoms with Gasteiger partial charge in [-0.1, -0.05) is 18.2 Å². The van der Waals surface area contributed by atoms with Crippen molar-refractivity contribution < 1.29 is 9.59 Å². The van der Waals surface area contributed by atoms with Crippen molar-refractivity contribution in [3.05, 3.63) is 59.2 Å². The Morgan fingerprint density at radius 1 is 0.870 bits per heavy atom. The van der Waals surface area contributed by atoms with E-state index in [1.807, 2.05) is 44.2 Å². The molecule has 0 aliphatic rings. The molecule has 0 radical (unpaired) electrons. The van der Waals surface area contributed by atoms with Gasteiger partial charge >= 0.3 is 6.03 Å². The second-order valence-electron chi connectivity index (χ2n) is 5.43. The lowest BCUT2D eigenvalue weighted by molar-refractivity contribution is -0.119. The van der Waals surface area contributed by atoms with Crippen molar-refractivity contribution in [1.82, 2.24) is 5.32 Å². The van der Waals surface area contributed by atoms with Gasteiger partial charge in [-0.3, -0.25) is 4.79 Å². The molecule has 2 aromatic rings. The summed E-state index contributed by atoms with van der Waals surface area (Å²) in [7, 11) is 1.61. The zero-order valence-corrected chi connectivity index (χ0v) is 13.6. The molecule has 0 heterocycles. The predicted molar refractivity (Wildman–Crippen MR) is 92.8 cm³/mol. The lowest BCUT2D eigenvalue weighted by Gasteiger charge is -2.10. The molecule has 0 bridgehead atoms. The van der Waals surface area contributed by atoms with Gasteiger partial charge in [-0.15, -0.1) is 0 Å². The fraction of sp³-hybridized carbons (Fsp3) is 0.222. The van der Waals surface area contributed by atoms with Crippen LogP contribution in [0.1, 0.15) is 16.7 Å². The number of aryl methyl sites for hydroxylation is 2. The Balaban J connectivity index is 1.94. The number of carbonyl (C=O) groups excluding carboxylic acids is 2. The maximum absolute atomic E-state index is 12.0. The van der Waals surface area contributed by atoms with Gasteiger partial charge in [0.25, 0.3) is 0 Å². The van der Waals surface area contributed by atoms with Crippen LogP contribution >= 0.6 is 0 Å². The Hall–Kier alpha value is -2.82. The summed E-state index contributed by atoms with van der Waals surface area (Å²) in [5, 5.41) is 8.15. The molecule has 0 aromatic heterocycles. The zero-order valence-electron chi connectivity index (χ0n) is 13.6. The lowest BCUT2D eigenvalue weighted by Crippen LogP contribution is -2.20. The highest BCUT2D eigenvalue weighted by molar-refractivity contribution is 5.99. The SMILES string of the molecule is CNC(=O)Cc1ccc(NC(=O)Nc2ccc(C)c(C)c2)cc1. The maximum atomic E-state index is 12.0. The number of amides is 3. The Morgan fingerprint density at radius 3 is 2.09 bits per heavy atom. The summed E-state index contributed by atoms with van der Waals surface area (Å²) in [6.07, 6.45) is 0.325. The van der Waals surface area contributed by atoms with Gasteiger partial charge in [0.1, 0.15) is 0 Å². The molecule has 0 saturated heterocycles. The molecular weight excluding hydrogens is 290 g/mol. The van der Waals surface area contributed by atoms with Gasteiger partial charge in [0.2, 0.25) is 5.91 Å². The van der Waals surface area contributed by atoms with Gasteiger partial charge in [0.05, 0.1) is 6.42 Å². The Bertz CT molecular complexity index is 709. The Kier molecular flexibility index (Phi) is 5.36. The highest BCUT2D eigenvalue weighted by Crippen LogP contribution is 2.15. The minimum absolute atomic E-state index is 0.0433. The second kappa shape index (κ2) is 7.45. The first-order valence-electron chi connectivity index (χ1n) is 7.42. The van der Waals surface area contributed by atoms with Crippen molar-refractivity contribution in [2.24, 2.45) is 0 Å². The standard InChI is InChI=1S/C18H21N3O2/c1-12-4-7-16(10-13(12)2)21-18(23)20-15-8-5-14(6-9-15)11-17(22)19-3/h4-10H,11H2,1-3H3,(H,19,22)(H2,20,21,23). The quantitative estimate of drug-likeness (QED) is 0.811. The monoisotopic (exact) mass is 311 g/mol. The van der Waals surface area contributed by atoms with Gasteiger partial charge in [0, 0.05) is 18.4 Å². The average Bonchev–Trinajstić information content (AvgIpc) is 2.52. The van der Waals surface area contributed by atoms with E-state index < -0.39 is 0 Å². The van der Waals surface area contributed by atoms with Crippen LogP contribution in [0.4, 0.5) is 16.2 Å². The van der Waals surface area contributed by atoms with Crippen LogP contribution in [-0.2, 0) is 11.2 Å². The van der Waals surface area contributed by atoms with Crippen molar-refractivity contribution in [3.8, 4) is 0 Å². The van der Waals surface area contributed by atoms with Crippen molar-refractivity contribution >= 4 is 23.3 Å². The van der Waals surface area contributed by atoms with Gasteiger partial charge in [0.15, 0.2) is 0 Å². The molecule has 120 valence electrons. The molecular formula is C18H21N3O2. The summed E-state index contributed by atoms with van der Waals surface area (Å²) >= 11 is 0. The van der Waals surface area contributed by atoms with Gasteiger partial charge in [-0.25, -0.2) is 4.79 Å². The van der Waals surface area contributed by atoms with Gasteiger partial charge in [-0.2, -0.15) is 0 Å². The van der Waals surface area contributed by atoms with Gasteiger partial charge < -0.3 is 16.0 Å². The van der Waals surface area contributed by atoms with E-state index in [4.69, 9.17) is 0 Å². The maximum Gasteiger partial charge on any atom is 0.323 e. The number of rotatable bonds is 4. The van der Waals surface area contributed by atoms with Crippen molar-refractivity contribution in [3.63, 3.8) is 0 Å². The summed E-state index contributed by atoms with van der Waals surface area (Å²) in [6.45, 7) is 4.03. The highest BCUT2D eigenvalue weighted by Gasteiger charge is 2.05. The molecule has 0 unspecified atom stereocenters. The highest BCUT2D eigenvalue weighted by atomic mass is 16.2. The van der Waals surface area contributed by atoms with Crippen LogP contribution in [0.2, 0.25) is 0 Å². The fourth-order valence-electron chi connectivity index (χ4n) is 2.09. The number of hydrogen-bond acceptors (Lipinski definition) is 2. The van der Waals surface area contributed by atoms with E-state index in [9.17, 15) is 9.59 Å². The van der Waals surface area contributed by atoms with E-state index in [0.29, 0.717) is 12.1 Å². The number of carbonyl (C=O) groups is 2. The summed E-state index contributed by atoms with van der Waals surface area (Å²) in [5.41, 5.74) is 4.63. The van der Waals surface area contributed by atoms with Crippen LogP contribution in [0, 0.1) is 13.8 Å². The molecule has 3 amide bonds. The summed E-state index contributed by atoms with van der Waals surface area (Å²) < 4.78 is 0. The second-order valence-corrected chi connectivity index (χ2v) is 5.43. The van der Waals surface area contributed by atoms with Crippen LogP contribution < -0.4 is 16.0 Å². The first-order valence-corrected chi connectivity index (χ1v) is 7.42. The van der Waals surface area contributed by atoms with Crippen LogP contribution in [0.15, 0.2) is 42.5 Å². The topological polar surface area (TPSA) is 70.2 Å². The molecule has 0 atom stereocenters. The first-order chi connectivity index (χ1) is 11.0. The van der Waals surface area contributed by atoms with Crippen LogP contribution in [-0.4, -0.2) is 19.0 Å². The number of urea groups is 1. The minimum Gasteiger partial charge on any atom is -0.359 e. The van der Waals surface area contributed by atoms with Crippen molar-refractivity contribution in [1.29, 1.82) is 0 Å². The van der Waals surface area contributed by atoms with Crippen LogP contribution in [0.3, 0.4) is 0 Å². The Labute approximate surface area is 136 Å². The smallest absolute Gasteiger partial charge is 0.323 e. The van der Waals surface area contributed by atoms with Crippen LogP contribution in [0.25, 0.3) is 0 Å². The van der Waals surface area contributed by atoms with Crippen LogP contribution in [0.5, 0.6) is 0 Å². The number of anilines is 2. The number of nitrogens with one attached hydrogen (secondary N) is 3. The summed E-state index contributed by atoms with van der Waals surface area (Å²) in [4.78, 5) is 23.3. The Morgan fingerprint density at radius 2 is 1.48 bits per heavy atom. The predicted octanol–water partition coefficient (Wildman–Crippen LogP) is 3.24. The third-order valence-electron chi connectivity index (χ3n) is 3.62. The van der Waals surface area contributed by atoms with E-state index in [-0.39, 0.29) is 11.9 Å². The number of benzene rings is 2. The van der Waals surface area contributed by atoms with E-state index >= 15 is 0 Å². The third-order valence-corrected chi connectivity index (χ3v) is 3.62.